The maximum atomic E-state index is 11.6. The zero-order chi connectivity index (χ0) is 6.78. The highest BCUT2D eigenvalue weighted by Gasteiger charge is 2.27. The molecule has 0 nitrogen and oxygen atoms in total. The van der Waals surface area contributed by atoms with E-state index in [4.69, 9.17) is 23.2 Å². The topological polar surface area (TPSA) is 0 Å². The Hall–Kier alpha value is 0.660. The minimum absolute atomic E-state index is 0. The van der Waals surface area contributed by atoms with Crippen LogP contribution in [0, 0.1) is 0 Å². The Bertz CT molecular complexity index is 69.2. The van der Waals surface area contributed by atoms with Crippen LogP contribution in [-0.2, 0) is 0 Å². The van der Waals surface area contributed by atoms with Crippen molar-refractivity contribution in [2.75, 3.05) is 0 Å². The summed E-state index contributed by atoms with van der Waals surface area (Å²) in [6.45, 7) is 0. The van der Waals surface area contributed by atoms with Gasteiger partial charge in [-0.3, -0.25) is 4.70 Å². The van der Waals surface area contributed by atoms with Crippen molar-refractivity contribution in [2.24, 2.45) is 0 Å². The van der Waals surface area contributed by atoms with E-state index in [-0.39, 0.29) is 4.70 Å². The van der Waals surface area contributed by atoms with Gasteiger partial charge in [-0.2, -0.15) is 8.78 Å². The van der Waals surface area contributed by atoms with E-state index in [0.717, 1.165) is 0 Å². The van der Waals surface area contributed by atoms with E-state index in [2.05, 4.69) is 11.6 Å². The molecule has 0 N–H and O–H groups in total. The highest BCUT2D eigenvalue weighted by Crippen LogP contribution is 2.28. The van der Waals surface area contributed by atoms with Crippen LogP contribution in [0.5, 0.6) is 0 Å². The summed E-state index contributed by atoms with van der Waals surface area (Å²) in [6, 6.07) is 0. The van der Waals surface area contributed by atoms with Crippen molar-refractivity contribution in [2.45, 2.75) is 16.6 Å². The first-order valence-electron chi connectivity index (χ1n) is 1.77. The molecule has 0 aromatic carbocycles. The highest BCUT2D eigenvalue weighted by molar-refractivity contribution is 6.44. The van der Waals surface area contributed by atoms with Gasteiger partial charge in [-0.05, 0) is 11.6 Å². The van der Waals surface area contributed by atoms with Gasteiger partial charge in [-0.1, -0.05) is 0 Å². The summed E-state index contributed by atoms with van der Waals surface area (Å²) in [6.07, 6.45) is -0.711. The normalized spacial score (nSPS) is 11.3. The lowest BCUT2D eigenvalue weighted by Gasteiger charge is -2.05. The average Bonchev–Trinajstić information content (AvgIpc) is 1.21. The van der Waals surface area contributed by atoms with Crippen LogP contribution in [-0.4, -0.2) is 10.2 Å². The molecule has 0 rings (SSSR count). The molecule has 58 valence electrons. The fraction of sp³-hybridized carbons (Fsp3) is 1.00. The lowest BCUT2D eigenvalue weighted by Crippen LogP contribution is -2.09. The van der Waals surface area contributed by atoms with Gasteiger partial charge in [0.2, 0.25) is 0 Å². The van der Waals surface area contributed by atoms with Crippen molar-refractivity contribution in [1.82, 2.24) is 0 Å². The van der Waals surface area contributed by atoms with Gasteiger partial charge in [-0.25, -0.2) is 0 Å². The molecule has 0 aliphatic heterocycles. The first-order valence-corrected chi connectivity index (χ1v) is 3.02. The molecule has 0 saturated carbocycles. The van der Waals surface area contributed by atoms with Crippen molar-refractivity contribution in [3.63, 3.8) is 0 Å². The van der Waals surface area contributed by atoms with Gasteiger partial charge in [0.1, 0.15) is 4.84 Å². The quantitative estimate of drug-likeness (QED) is 0.605. The van der Waals surface area contributed by atoms with E-state index in [0.29, 0.717) is 0 Å². The lowest BCUT2D eigenvalue weighted by atomic mass is 10.5. The van der Waals surface area contributed by atoms with Crippen molar-refractivity contribution in [1.29, 1.82) is 0 Å². The Labute approximate surface area is 65.4 Å². The predicted molar refractivity (Wildman–Crippen MR) is 33.4 cm³/mol. The minimum Gasteiger partial charge on any atom is -0.269 e. The highest BCUT2D eigenvalue weighted by atomic mass is 35.5. The second kappa shape index (κ2) is 4.47. The molecule has 0 aromatic rings. The summed E-state index contributed by atoms with van der Waals surface area (Å²) < 4.78 is 23.1. The molecule has 0 bridgehead atoms. The maximum Gasteiger partial charge on any atom is 0.324 e. The molecule has 0 fully saturated rings. The fourth-order valence-electron chi connectivity index (χ4n) is 0.175. The minimum atomic E-state index is -3.27. The zero-order valence-electron chi connectivity index (χ0n) is 4.08. The van der Waals surface area contributed by atoms with Crippen molar-refractivity contribution in [3.8, 4) is 0 Å². The molecule has 0 amide bonds. The standard InChI is InChI=1S/C3H3Cl3F2.FH/c4-2(5)1-3(6,7)8;/h2H,1H2;1H. The molecule has 0 radical (unpaired) electrons. The van der Waals surface area contributed by atoms with Crippen LogP contribution in [0.2, 0.25) is 0 Å². The van der Waals surface area contributed by atoms with Gasteiger partial charge in [0.05, 0.1) is 6.42 Å². The third-order valence-electron chi connectivity index (χ3n) is 0.386. The van der Waals surface area contributed by atoms with Gasteiger partial charge < -0.3 is 0 Å². The van der Waals surface area contributed by atoms with Crippen molar-refractivity contribution < 1.29 is 13.5 Å². The summed E-state index contributed by atoms with van der Waals surface area (Å²) in [5.74, 6) is 0. The lowest BCUT2D eigenvalue weighted by molar-refractivity contribution is 0.0905. The smallest absolute Gasteiger partial charge is 0.269 e. The Morgan fingerprint density at radius 3 is 1.67 bits per heavy atom. The van der Waals surface area contributed by atoms with Gasteiger partial charge >= 0.3 is 5.38 Å². The first-order chi connectivity index (χ1) is 3.42. The number of alkyl halides is 5. The number of rotatable bonds is 2. The molecular weight excluding hydrogens is 199 g/mol. The van der Waals surface area contributed by atoms with Crippen LogP contribution in [0.3, 0.4) is 0 Å². The van der Waals surface area contributed by atoms with E-state index in [1.807, 2.05) is 0 Å². The van der Waals surface area contributed by atoms with Crippen LogP contribution < -0.4 is 0 Å². The molecule has 0 heterocycles. The Kier molecular flexibility index (Phi) is 6.13. The summed E-state index contributed by atoms with van der Waals surface area (Å²) in [5.41, 5.74) is 0. The van der Waals surface area contributed by atoms with Crippen LogP contribution in [0.4, 0.5) is 13.5 Å². The third-order valence-corrected chi connectivity index (χ3v) is 0.849. The summed E-state index contributed by atoms with van der Waals surface area (Å²) in [4.78, 5) is -1.09. The molecule has 9 heavy (non-hydrogen) atoms. The second-order valence-corrected chi connectivity index (χ2v) is 3.04. The molecule has 0 atom stereocenters. The fourth-order valence-corrected chi connectivity index (χ4v) is 0.875. The van der Waals surface area contributed by atoms with Crippen LogP contribution in [0.15, 0.2) is 0 Å². The number of hydrogen-bond acceptors (Lipinski definition) is 0. The van der Waals surface area contributed by atoms with E-state index < -0.39 is 16.6 Å². The maximum absolute atomic E-state index is 11.6. The van der Waals surface area contributed by atoms with Gasteiger partial charge in [0.25, 0.3) is 0 Å². The molecule has 6 heteroatoms. The Balaban J connectivity index is 0. The van der Waals surface area contributed by atoms with Crippen LogP contribution in [0.25, 0.3) is 0 Å². The molecule has 0 aromatic heterocycles. The van der Waals surface area contributed by atoms with Gasteiger partial charge in [-0.15, -0.1) is 23.2 Å². The third kappa shape index (κ3) is 12.0. The molecule has 0 spiro atoms. The Morgan fingerprint density at radius 1 is 1.33 bits per heavy atom. The second-order valence-electron chi connectivity index (χ2n) is 1.21. The number of halogens is 6. The predicted octanol–water partition coefficient (Wildman–Crippen LogP) is 3.16. The summed E-state index contributed by atoms with van der Waals surface area (Å²) in [5, 5.41) is -3.27. The SMILES string of the molecule is F.FC(F)(Cl)CC(Cl)Cl. The molecule has 0 unspecified atom stereocenters. The van der Waals surface area contributed by atoms with Crippen molar-refractivity contribution >= 4 is 34.8 Å². The Morgan fingerprint density at radius 2 is 1.67 bits per heavy atom. The zero-order valence-corrected chi connectivity index (χ0v) is 6.35. The van der Waals surface area contributed by atoms with E-state index in [1.54, 1.807) is 0 Å². The van der Waals surface area contributed by atoms with Crippen LogP contribution >= 0.6 is 34.8 Å². The van der Waals surface area contributed by atoms with Crippen molar-refractivity contribution in [3.05, 3.63) is 0 Å². The number of hydrogen-bond donors (Lipinski definition) is 0. The average molecular weight is 203 g/mol. The van der Waals surface area contributed by atoms with Gasteiger partial charge in [0.15, 0.2) is 0 Å². The monoisotopic (exact) mass is 202 g/mol. The van der Waals surface area contributed by atoms with E-state index in [1.165, 1.54) is 0 Å². The van der Waals surface area contributed by atoms with E-state index >= 15 is 0 Å². The first kappa shape index (κ1) is 12.3. The van der Waals surface area contributed by atoms with Gasteiger partial charge in [0, 0.05) is 0 Å². The van der Waals surface area contributed by atoms with Crippen LogP contribution in [0.1, 0.15) is 6.42 Å². The van der Waals surface area contributed by atoms with E-state index in [9.17, 15) is 8.78 Å². The largest absolute Gasteiger partial charge is 0.324 e. The molecule has 0 aliphatic carbocycles. The molecular formula is C3H4Cl3F3. The summed E-state index contributed by atoms with van der Waals surface area (Å²) >= 11 is 14.4. The summed E-state index contributed by atoms with van der Waals surface area (Å²) in [7, 11) is 0. The molecule has 0 saturated heterocycles. The molecule has 0 aliphatic rings.